The number of aromatic nitrogens is 3. The number of hydrogen-bond donors (Lipinski definition) is 1. The van der Waals surface area contributed by atoms with Crippen molar-refractivity contribution in [2.24, 2.45) is 5.92 Å². The molecule has 2 N–H and O–H groups in total. The number of nitrogen functional groups attached to an aromatic ring is 1. The van der Waals surface area contributed by atoms with Gasteiger partial charge in [0.25, 0.3) is 0 Å². The molecule has 45 heavy (non-hydrogen) atoms. The van der Waals surface area contributed by atoms with E-state index in [1.165, 1.54) is 24.4 Å². The second-order valence-electron chi connectivity index (χ2n) is 12.3. The van der Waals surface area contributed by atoms with Crippen LogP contribution in [0.15, 0.2) is 42.6 Å². The quantitative estimate of drug-likeness (QED) is 0.133. The first-order chi connectivity index (χ1) is 22.5. The van der Waals surface area contributed by atoms with Crippen molar-refractivity contribution >= 4 is 33.2 Å². The maximum Gasteiger partial charge on any atom is 0.319 e. The highest BCUT2D eigenvalue weighted by Gasteiger charge is 2.54. The van der Waals surface area contributed by atoms with Gasteiger partial charge in [-0.1, -0.05) is 24.1 Å². The van der Waals surface area contributed by atoms with Crippen LogP contribution in [0.3, 0.4) is 0 Å². The van der Waals surface area contributed by atoms with Crippen LogP contribution >= 0.6 is 0 Å². The lowest BCUT2D eigenvalue weighted by Gasteiger charge is -2.31. The molecule has 0 unspecified atom stereocenters. The first-order valence-electron chi connectivity index (χ1n) is 16.0. The van der Waals surface area contributed by atoms with Crippen molar-refractivity contribution in [1.29, 1.82) is 0 Å². The number of anilines is 2. The number of rotatable bonds is 5. The zero-order chi connectivity index (χ0) is 32.8. The fraction of sp³-hybridized carbons (Fsp3) is 0.382. The molecule has 4 aromatic rings. The Morgan fingerprint density at radius 3 is 2.91 bits per heavy atom. The molecule has 3 fully saturated rings. The third-order valence-electron chi connectivity index (χ3n) is 9.54. The number of terminal acetylenes is 1. The lowest BCUT2D eigenvalue weighted by Crippen LogP contribution is -2.43. The molecule has 1 aliphatic carbocycles. The van der Waals surface area contributed by atoms with Crippen molar-refractivity contribution < 1.29 is 25.0 Å². The van der Waals surface area contributed by atoms with E-state index in [4.69, 9.17) is 19.6 Å². The van der Waals surface area contributed by atoms with Crippen molar-refractivity contribution in [3.63, 3.8) is 0 Å². The van der Waals surface area contributed by atoms with Gasteiger partial charge in [-0.05, 0) is 49.4 Å². The van der Waals surface area contributed by atoms with Crippen LogP contribution in [-0.2, 0) is 0 Å². The maximum atomic E-state index is 16.9. The van der Waals surface area contributed by atoms with Gasteiger partial charge >= 0.3 is 6.01 Å². The van der Waals surface area contributed by atoms with Gasteiger partial charge in [0.15, 0.2) is 5.82 Å². The normalized spacial score (nSPS) is 28.4. The summed E-state index contributed by atoms with van der Waals surface area (Å²) in [6.07, 6.45) is 9.88. The Bertz CT molecular complexity index is 2040. The number of nitrogens with two attached hydrogens (primary N) is 1. The molecule has 7 nitrogen and oxygen atoms in total. The predicted octanol–water partition coefficient (Wildman–Crippen LogP) is 5.74. The number of hydrogen-bond acceptors (Lipinski definition) is 7. The molecule has 3 aliphatic heterocycles. The molecular formula is C34H30F4N6O. The van der Waals surface area contributed by atoms with Gasteiger partial charge in [-0.25, -0.2) is 17.6 Å². The third kappa shape index (κ3) is 4.41. The molecule has 2 aromatic carbocycles. The molecule has 0 spiro atoms. The Hall–Kier alpha value is -4.43. The Balaban J connectivity index is 1.33. The van der Waals surface area contributed by atoms with Gasteiger partial charge in [0.1, 0.15) is 41.7 Å². The lowest BCUT2D eigenvalue weighted by atomic mass is 9.95. The van der Waals surface area contributed by atoms with Gasteiger partial charge in [0, 0.05) is 48.3 Å². The van der Waals surface area contributed by atoms with Gasteiger partial charge in [-0.15, -0.1) is 6.42 Å². The molecule has 0 bridgehead atoms. The molecule has 2 saturated heterocycles. The minimum absolute atomic E-state index is 0.0650. The van der Waals surface area contributed by atoms with E-state index in [0.29, 0.717) is 37.7 Å². The number of pyridine rings is 1. The molecule has 5 atom stereocenters. The SMILES string of the molecule is [2H]C([2H])(Oc1nc(N2CCC=C[C@H]3[C@H](F)[C@H]32)c2cnc(-c3cc(N)cc4ccc(F)c(C#C)c34)c(F)c2n1)[C@@]12CCCN1C[C@H](F)C2. The van der Waals surface area contributed by atoms with Crippen molar-refractivity contribution in [2.75, 3.05) is 36.8 Å². The van der Waals surface area contributed by atoms with Crippen LogP contribution in [0.4, 0.5) is 29.1 Å². The van der Waals surface area contributed by atoms with E-state index in [-0.39, 0.29) is 63.5 Å². The standard InChI is InChI=1S/C34H30F4N6O/c1-2-21-25(36)8-7-18-12-20(39)13-23(26(18)21)29-28(38)30-24(15-40-29)32(44-11-4-3-6-22-27(37)31(22)44)42-33(41-30)45-17-34-9-5-10-43(34)16-19(35)14-34/h1,3,6-8,12-13,15,19,22,27,31H,4-5,9-11,14,16-17,39H2/t19-,22+,27+,31+,34+/m1/s1/i17D2. The van der Waals surface area contributed by atoms with E-state index in [1.54, 1.807) is 15.9 Å². The second-order valence-corrected chi connectivity index (χ2v) is 12.3. The molecule has 5 heterocycles. The minimum Gasteiger partial charge on any atom is -0.461 e. The van der Waals surface area contributed by atoms with Gasteiger partial charge in [-0.2, -0.15) is 9.97 Å². The fourth-order valence-corrected chi connectivity index (χ4v) is 7.41. The molecular weight excluding hydrogens is 584 g/mol. The summed E-state index contributed by atoms with van der Waals surface area (Å²) in [6, 6.07) is 4.70. The number of alkyl halides is 2. The van der Waals surface area contributed by atoms with E-state index in [0.717, 1.165) is 0 Å². The van der Waals surface area contributed by atoms with Crippen LogP contribution in [0.5, 0.6) is 6.01 Å². The third-order valence-corrected chi connectivity index (χ3v) is 9.54. The average molecular weight is 617 g/mol. The highest BCUT2D eigenvalue weighted by molar-refractivity contribution is 6.03. The molecule has 4 aliphatic rings. The average Bonchev–Trinajstić information content (AvgIpc) is 3.39. The topological polar surface area (TPSA) is 80.4 Å². The zero-order valence-electron chi connectivity index (χ0n) is 26.1. The van der Waals surface area contributed by atoms with Crippen LogP contribution in [0, 0.1) is 29.9 Å². The first kappa shape index (κ1) is 25.9. The van der Waals surface area contributed by atoms with E-state index in [1.807, 2.05) is 12.2 Å². The smallest absolute Gasteiger partial charge is 0.319 e. The summed E-state index contributed by atoms with van der Waals surface area (Å²) in [4.78, 5) is 16.8. The molecule has 0 amide bonds. The molecule has 230 valence electrons. The number of benzene rings is 2. The van der Waals surface area contributed by atoms with Gasteiger partial charge in [-0.3, -0.25) is 9.88 Å². The van der Waals surface area contributed by atoms with E-state index in [9.17, 15) is 13.2 Å². The zero-order valence-corrected chi connectivity index (χ0v) is 24.1. The largest absolute Gasteiger partial charge is 0.461 e. The Morgan fingerprint density at radius 2 is 2.07 bits per heavy atom. The molecule has 11 heteroatoms. The number of halogens is 4. The molecule has 0 radical (unpaired) electrons. The van der Waals surface area contributed by atoms with Crippen LogP contribution in [0.1, 0.15) is 34.0 Å². The Labute approximate surface area is 259 Å². The highest BCUT2D eigenvalue weighted by atomic mass is 19.1. The summed E-state index contributed by atoms with van der Waals surface area (Å²) >= 11 is 0. The van der Waals surface area contributed by atoms with Gasteiger partial charge in [0.2, 0.25) is 0 Å². The fourth-order valence-electron chi connectivity index (χ4n) is 7.41. The van der Waals surface area contributed by atoms with Crippen molar-refractivity contribution in [2.45, 2.75) is 49.6 Å². The summed E-state index contributed by atoms with van der Waals surface area (Å²) < 4.78 is 85.3. The monoisotopic (exact) mass is 616 g/mol. The lowest BCUT2D eigenvalue weighted by molar-refractivity contribution is 0.107. The maximum absolute atomic E-state index is 16.9. The number of nitrogens with zero attached hydrogens (tertiary/aromatic N) is 5. The van der Waals surface area contributed by atoms with E-state index >= 15 is 4.39 Å². The summed E-state index contributed by atoms with van der Waals surface area (Å²) in [5.74, 6) is 0.502. The van der Waals surface area contributed by atoms with Crippen LogP contribution in [0.25, 0.3) is 32.9 Å². The van der Waals surface area contributed by atoms with E-state index < -0.39 is 48.1 Å². The van der Waals surface area contributed by atoms with Crippen molar-refractivity contribution in [3.05, 3.63) is 59.8 Å². The number of fused-ring (bicyclic) bond motifs is 4. The minimum atomic E-state index is -2.45. The Kier molecular flexibility index (Phi) is 5.92. The second kappa shape index (κ2) is 10.3. The summed E-state index contributed by atoms with van der Waals surface area (Å²) in [5.41, 5.74) is 4.74. The Morgan fingerprint density at radius 1 is 1.20 bits per heavy atom. The van der Waals surface area contributed by atoms with E-state index in [2.05, 4.69) is 20.9 Å². The van der Waals surface area contributed by atoms with Crippen LogP contribution in [0.2, 0.25) is 0 Å². The van der Waals surface area contributed by atoms with Crippen molar-refractivity contribution in [1.82, 2.24) is 19.9 Å². The highest BCUT2D eigenvalue weighted by Crippen LogP contribution is 2.46. The van der Waals surface area contributed by atoms with Gasteiger partial charge < -0.3 is 15.4 Å². The molecule has 2 aromatic heterocycles. The van der Waals surface area contributed by atoms with Crippen LogP contribution in [-0.4, -0.2) is 70.0 Å². The summed E-state index contributed by atoms with van der Waals surface area (Å²) in [5, 5.41) is 0.864. The number of ether oxygens (including phenoxy) is 1. The summed E-state index contributed by atoms with van der Waals surface area (Å²) in [6.45, 7) is -1.48. The molecule has 1 saturated carbocycles. The van der Waals surface area contributed by atoms with Gasteiger partial charge in [0.05, 0.1) is 25.3 Å². The summed E-state index contributed by atoms with van der Waals surface area (Å²) in [7, 11) is 0. The van der Waals surface area contributed by atoms with Crippen LogP contribution < -0.4 is 15.4 Å². The first-order valence-corrected chi connectivity index (χ1v) is 15.0. The van der Waals surface area contributed by atoms with Crippen molar-refractivity contribution in [3.8, 4) is 29.6 Å². The molecule has 8 rings (SSSR count). The predicted molar refractivity (Wildman–Crippen MR) is 164 cm³/mol.